The van der Waals surface area contributed by atoms with E-state index in [2.05, 4.69) is 25.9 Å². The lowest BCUT2D eigenvalue weighted by Gasteiger charge is -2.10. The van der Waals surface area contributed by atoms with Gasteiger partial charge >= 0.3 is 12.2 Å². The lowest BCUT2D eigenvalue weighted by molar-refractivity contribution is -0.141. The van der Waals surface area contributed by atoms with Crippen LogP contribution < -0.4 is 21.3 Å². The van der Waals surface area contributed by atoms with Gasteiger partial charge in [0.1, 0.15) is 5.70 Å². The molecule has 4 amide bonds. The highest BCUT2D eigenvalue weighted by Crippen LogP contribution is 2.37. The van der Waals surface area contributed by atoms with Gasteiger partial charge in [-0.2, -0.15) is 13.2 Å². The van der Waals surface area contributed by atoms with Crippen LogP contribution in [0, 0.1) is 0 Å². The van der Waals surface area contributed by atoms with E-state index in [-0.39, 0.29) is 35.2 Å². The number of carbonyl (C=O) groups is 3. The first-order chi connectivity index (χ1) is 18.2. The zero-order chi connectivity index (χ0) is 26.6. The summed E-state index contributed by atoms with van der Waals surface area (Å²) in [6.45, 7) is 0. The Bertz CT molecular complexity index is 1500. The Kier molecular flexibility index (Phi) is 5.85. The van der Waals surface area contributed by atoms with E-state index >= 15 is 0 Å². The molecule has 38 heavy (non-hydrogen) atoms. The van der Waals surface area contributed by atoms with Crippen LogP contribution in [0.15, 0.2) is 23.3 Å². The monoisotopic (exact) mass is 545 g/mol. The summed E-state index contributed by atoms with van der Waals surface area (Å²) in [5.41, 5.74) is -1.18. The maximum absolute atomic E-state index is 14.0. The van der Waals surface area contributed by atoms with Crippen molar-refractivity contribution in [3.8, 4) is 11.3 Å². The molecule has 0 atom stereocenters. The van der Waals surface area contributed by atoms with Crippen molar-refractivity contribution in [2.75, 3.05) is 5.32 Å². The topological polar surface area (TPSA) is 130 Å². The van der Waals surface area contributed by atoms with Crippen LogP contribution in [0.1, 0.15) is 59.6 Å². The maximum Gasteiger partial charge on any atom is 0.435 e. The SMILES string of the molecule is O=C1NC(=O)/C(=C/c2c(C(F)(F)F)nc3c(NC4CC4)nc(-c4csc(C(=O)NC5CCCC5)c4)cn23)N1. The first kappa shape index (κ1) is 24.4. The Morgan fingerprint density at radius 3 is 2.53 bits per heavy atom. The van der Waals surface area contributed by atoms with Crippen molar-refractivity contribution in [3.63, 3.8) is 0 Å². The van der Waals surface area contributed by atoms with Crippen molar-refractivity contribution in [2.45, 2.75) is 56.8 Å². The molecule has 198 valence electrons. The average molecular weight is 546 g/mol. The molecule has 0 spiro atoms. The molecule has 0 unspecified atom stereocenters. The number of fused-ring (bicyclic) bond motifs is 1. The van der Waals surface area contributed by atoms with E-state index in [0.717, 1.165) is 44.6 Å². The second kappa shape index (κ2) is 9.11. The first-order valence-corrected chi connectivity index (χ1v) is 13.0. The van der Waals surface area contributed by atoms with E-state index in [4.69, 9.17) is 0 Å². The minimum atomic E-state index is -4.84. The Balaban J connectivity index is 1.45. The number of aromatic nitrogens is 3. The summed E-state index contributed by atoms with van der Waals surface area (Å²) in [5.74, 6) is -0.886. The summed E-state index contributed by atoms with van der Waals surface area (Å²) >= 11 is 1.22. The Labute approximate surface area is 217 Å². The molecule has 1 saturated heterocycles. The smallest absolute Gasteiger partial charge is 0.364 e. The molecule has 3 aliphatic rings. The molecular formula is C24H22F3N7O3S. The number of anilines is 1. The highest BCUT2D eigenvalue weighted by atomic mass is 32.1. The standard InChI is InChI=1S/C24H22F3N7O3S/c25-24(26,27)18-16(8-14-21(35)33-23(37)31-14)34-9-15(30-19(20(34)32-18)28-13-5-6-13)11-7-17(38-10-11)22(36)29-12-3-1-2-4-12/h7-10,12-13H,1-6H2,(H,28,30)(H,29,36)(H2,31,33,35,37)/b14-8-. The van der Waals surface area contributed by atoms with E-state index in [9.17, 15) is 27.6 Å². The molecule has 14 heteroatoms. The number of urea groups is 1. The molecule has 3 aromatic rings. The molecular weight excluding hydrogens is 523 g/mol. The molecule has 0 bridgehead atoms. The predicted octanol–water partition coefficient (Wildman–Crippen LogP) is 3.90. The first-order valence-electron chi connectivity index (χ1n) is 12.2. The fourth-order valence-electron chi connectivity index (χ4n) is 4.60. The molecule has 0 radical (unpaired) electrons. The highest BCUT2D eigenvalue weighted by molar-refractivity contribution is 7.12. The van der Waals surface area contributed by atoms with Gasteiger partial charge in [0, 0.05) is 29.2 Å². The number of imidazole rings is 1. The second-order valence-electron chi connectivity index (χ2n) is 9.55. The zero-order valence-corrected chi connectivity index (χ0v) is 20.6. The normalized spacial score (nSPS) is 19.3. The molecule has 2 aliphatic carbocycles. The summed E-state index contributed by atoms with van der Waals surface area (Å²) in [6.07, 6.45) is 3.22. The molecule has 4 heterocycles. The second-order valence-corrected chi connectivity index (χ2v) is 10.5. The number of imide groups is 1. The molecule has 2 saturated carbocycles. The van der Waals surface area contributed by atoms with Gasteiger partial charge in [-0.25, -0.2) is 14.8 Å². The van der Waals surface area contributed by atoms with Crippen LogP contribution in [0.4, 0.5) is 23.8 Å². The van der Waals surface area contributed by atoms with Gasteiger partial charge in [0.2, 0.25) is 0 Å². The van der Waals surface area contributed by atoms with Crippen LogP contribution in [0.5, 0.6) is 0 Å². The van der Waals surface area contributed by atoms with Gasteiger partial charge in [-0.05, 0) is 37.8 Å². The van der Waals surface area contributed by atoms with Gasteiger partial charge in [0.15, 0.2) is 17.2 Å². The van der Waals surface area contributed by atoms with E-state index < -0.39 is 29.5 Å². The summed E-state index contributed by atoms with van der Waals surface area (Å²) in [6, 6.07) is 1.04. The number of thiophene rings is 1. The average Bonchev–Trinajstić information content (AvgIpc) is 3.26. The quantitative estimate of drug-likeness (QED) is 0.275. The molecule has 3 aromatic heterocycles. The summed E-state index contributed by atoms with van der Waals surface area (Å²) in [7, 11) is 0. The number of nitrogens with one attached hydrogen (secondary N) is 4. The Morgan fingerprint density at radius 1 is 1.11 bits per heavy atom. The van der Waals surface area contributed by atoms with Crippen LogP contribution in [0.3, 0.4) is 0 Å². The van der Waals surface area contributed by atoms with Crippen LogP contribution in [-0.4, -0.2) is 44.3 Å². The van der Waals surface area contributed by atoms with Crippen molar-refractivity contribution in [1.82, 2.24) is 30.3 Å². The maximum atomic E-state index is 14.0. The largest absolute Gasteiger partial charge is 0.435 e. The van der Waals surface area contributed by atoms with Crippen LogP contribution >= 0.6 is 11.3 Å². The van der Waals surface area contributed by atoms with Crippen molar-refractivity contribution in [1.29, 1.82) is 0 Å². The van der Waals surface area contributed by atoms with Gasteiger partial charge < -0.3 is 16.0 Å². The Morgan fingerprint density at radius 2 is 1.87 bits per heavy atom. The summed E-state index contributed by atoms with van der Waals surface area (Å²) < 4.78 is 43.3. The molecule has 6 rings (SSSR count). The zero-order valence-electron chi connectivity index (χ0n) is 19.8. The Hall–Kier alpha value is -3.94. The minimum absolute atomic E-state index is 0.0597. The number of nitrogens with zero attached hydrogens (tertiary/aromatic N) is 3. The fraction of sp³-hybridized carbons (Fsp3) is 0.375. The van der Waals surface area contributed by atoms with Gasteiger partial charge in [-0.1, -0.05) is 12.8 Å². The number of hydrogen-bond donors (Lipinski definition) is 4. The van der Waals surface area contributed by atoms with Crippen LogP contribution in [-0.2, 0) is 11.0 Å². The van der Waals surface area contributed by atoms with Gasteiger partial charge in [0.05, 0.1) is 16.3 Å². The lowest BCUT2D eigenvalue weighted by atomic mass is 10.2. The number of halogens is 3. The van der Waals surface area contributed by atoms with E-state index in [0.29, 0.717) is 16.1 Å². The molecule has 4 N–H and O–H groups in total. The summed E-state index contributed by atoms with van der Waals surface area (Å²) in [5, 5.41) is 12.1. The number of amides is 4. The van der Waals surface area contributed by atoms with Gasteiger partial charge in [0.25, 0.3) is 11.8 Å². The van der Waals surface area contributed by atoms with E-state index in [1.807, 2.05) is 5.32 Å². The molecule has 1 aliphatic heterocycles. The lowest BCUT2D eigenvalue weighted by Crippen LogP contribution is -2.31. The third-order valence-corrected chi connectivity index (χ3v) is 7.57. The predicted molar refractivity (Wildman–Crippen MR) is 132 cm³/mol. The van der Waals surface area contributed by atoms with Crippen molar-refractivity contribution < 1.29 is 27.6 Å². The van der Waals surface area contributed by atoms with Gasteiger partial charge in [-0.3, -0.25) is 19.3 Å². The van der Waals surface area contributed by atoms with Crippen LogP contribution in [0.25, 0.3) is 23.0 Å². The van der Waals surface area contributed by atoms with Crippen molar-refractivity contribution in [3.05, 3.63) is 39.6 Å². The van der Waals surface area contributed by atoms with Crippen LogP contribution in [0.2, 0.25) is 0 Å². The highest BCUT2D eigenvalue weighted by Gasteiger charge is 2.39. The third kappa shape index (κ3) is 4.71. The molecule has 10 nitrogen and oxygen atoms in total. The minimum Gasteiger partial charge on any atom is -0.364 e. The van der Waals surface area contributed by atoms with E-state index in [1.54, 1.807) is 11.4 Å². The van der Waals surface area contributed by atoms with Gasteiger partial charge in [-0.15, -0.1) is 11.3 Å². The van der Waals surface area contributed by atoms with Crippen molar-refractivity contribution in [2.24, 2.45) is 0 Å². The molecule has 3 fully saturated rings. The summed E-state index contributed by atoms with van der Waals surface area (Å²) in [4.78, 5) is 45.2. The number of carbonyl (C=O) groups excluding carboxylic acids is 3. The third-order valence-electron chi connectivity index (χ3n) is 6.64. The fourth-order valence-corrected chi connectivity index (χ4v) is 5.41. The van der Waals surface area contributed by atoms with Crippen molar-refractivity contribution >= 4 is 46.7 Å². The molecule has 0 aromatic carbocycles. The number of alkyl halides is 3. The number of rotatable bonds is 6. The van der Waals surface area contributed by atoms with E-state index in [1.165, 1.54) is 21.9 Å². The number of hydrogen-bond acceptors (Lipinski definition) is 7.